The van der Waals surface area contributed by atoms with E-state index in [4.69, 9.17) is 5.11 Å². The first-order valence-electron chi connectivity index (χ1n) is 7.28. The molecule has 0 spiro atoms. The van der Waals surface area contributed by atoms with E-state index in [0.717, 1.165) is 5.69 Å². The maximum Gasteiger partial charge on any atom is 0.309 e. The third-order valence-corrected chi connectivity index (χ3v) is 4.68. The number of carbonyl (C=O) groups is 1. The number of aliphatic carboxylic acids is 1. The second-order valence-corrected chi connectivity index (χ2v) is 6.19. The quantitative estimate of drug-likeness (QED) is 0.600. The van der Waals surface area contributed by atoms with Gasteiger partial charge in [0.15, 0.2) is 12.3 Å². The zero-order chi connectivity index (χ0) is 15.2. The Bertz CT molecular complexity index is 778. The fourth-order valence-corrected chi connectivity index (χ4v) is 3.34. The second-order valence-electron chi connectivity index (χ2n) is 6.19. The average Bonchev–Trinajstić information content (AvgIpc) is 2.65. The number of halogens is 1. The Labute approximate surface area is 147 Å². The Hall–Kier alpha value is -1.43. The topological polar surface area (TPSA) is 40.3 Å². The van der Waals surface area contributed by atoms with Gasteiger partial charge in [-0.2, -0.15) is 4.58 Å². The van der Waals surface area contributed by atoms with Crippen LogP contribution in [-0.4, -0.2) is 27.9 Å². The smallest absolute Gasteiger partial charge is 0.309 e. The van der Waals surface area contributed by atoms with Crippen LogP contribution in [0.15, 0.2) is 36.4 Å². The summed E-state index contributed by atoms with van der Waals surface area (Å²) >= 11 is 0. The molecule has 3 nitrogen and oxygen atoms in total. The second kappa shape index (κ2) is 5.99. The predicted molar refractivity (Wildman–Crippen MR) is 84.7 cm³/mol. The van der Waals surface area contributed by atoms with Crippen molar-refractivity contribution in [3.05, 3.63) is 42.0 Å². The maximum atomic E-state index is 10.9. The van der Waals surface area contributed by atoms with Gasteiger partial charge in [-0.15, -0.1) is 0 Å². The zero-order valence-corrected chi connectivity index (χ0v) is 15.2. The molecule has 1 heterocycles. The lowest BCUT2D eigenvalue weighted by atomic mass is 9.80. The molecule has 0 aliphatic carbocycles. The molecular formula is C18H20INO2. The van der Waals surface area contributed by atoms with Crippen molar-refractivity contribution in [1.29, 1.82) is 0 Å². The van der Waals surface area contributed by atoms with Crippen LogP contribution in [0, 0.1) is 0 Å². The van der Waals surface area contributed by atoms with Crippen LogP contribution in [0.4, 0.5) is 5.69 Å². The van der Waals surface area contributed by atoms with Gasteiger partial charge in [-0.05, 0) is 30.7 Å². The molecule has 3 rings (SSSR count). The molecule has 1 aliphatic heterocycles. The van der Waals surface area contributed by atoms with Crippen molar-refractivity contribution in [1.82, 2.24) is 0 Å². The Kier molecular flexibility index (Phi) is 4.61. The van der Waals surface area contributed by atoms with Crippen molar-refractivity contribution in [3.8, 4) is 0 Å². The Morgan fingerprint density at radius 2 is 1.86 bits per heavy atom. The van der Waals surface area contributed by atoms with Crippen molar-refractivity contribution in [2.75, 3.05) is 6.54 Å². The molecule has 22 heavy (non-hydrogen) atoms. The molecule has 2 aromatic rings. The van der Waals surface area contributed by atoms with E-state index in [-0.39, 0.29) is 35.8 Å². The number of hydrogen-bond acceptors (Lipinski definition) is 1. The molecule has 0 bridgehead atoms. The van der Waals surface area contributed by atoms with Gasteiger partial charge in [-0.3, -0.25) is 4.79 Å². The minimum atomic E-state index is -0.755. The first kappa shape index (κ1) is 16.9. The lowest BCUT2D eigenvalue weighted by Gasteiger charge is -2.17. The van der Waals surface area contributed by atoms with Gasteiger partial charge in [0.05, 0.1) is 5.41 Å². The third-order valence-electron chi connectivity index (χ3n) is 4.68. The standard InChI is InChI=1S/C18H19NO2.HI/c1-12-18(2,3)17-14-7-5-4-6-13(14)8-9-15(17)19(12)11-10-16(20)21;/h4-9H,10-11H2,1-3H3;1H. The Morgan fingerprint density at radius 3 is 2.55 bits per heavy atom. The predicted octanol–water partition coefficient (Wildman–Crippen LogP) is 0.715. The van der Waals surface area contributed by atoms with E-state index in [1.807, 2.05) is 0 Å². The number of hydrogen-bond donors (Lipinski definition) is 1. The summed E-state index contributed by atoms with van der Waals surface area (Å²) in [4.78, 5) is 10.9. The van der Waals surface area contributed by atoms with Gasteiger partial charge < -0.3 is 29.1 Å². The number of nitrogens with zero attached hydrogens (tertiary/aromatic N) is 1. The first-order chi connectivity index (χ1) is 9.93. The molecule has 0 aromatic heterocycles. The summed E-state index contributed by atoms with van der Waals surface area (Å²) < 4.78 is 2.16. The van der Waals surface area contributed by atoms with Gasteiger partial charge in [0.1, 0.15) is 6.42 Å². The molecule has 0 saturated heterocycles. The van der Waals surface area contributed by atoms with E-state index in [9.17, 15) is 4.79 Å². The summed E-state index contributed by atoms with van der Waals surface area (Å²) in [5, 5.41) is 11.5. The van der Waals surface area contributed by atoms with Crippen LogP contribution in [0.3, 0.4) is 0 Å². The monoisotopic (exact) mass is 409 g/mol. The summed E-state index contributed by atoms with van der Waals surface area (Å²) in [5.41, 5.74) is 3.60. The molecule has 0 radical (unpaired) electrons. The molecule has 0 fully saturated rings. The molecule has 0 amide bonds. The minimum absolute atomic E-state index is 0. The number of benzene rings is 2. The summed E-state index contributed by atoms with van der Waals surface area (Å²) in [6.07, 6.45) is 0.152. The van der Waals surface area contributed by atoms with Gasteiger partial charge in [-0.1, -0.05) is 24.3 Å². The van der Waals surface area contributed by atoms with E-state index in [0.29, 0.717) is 6.54 Å². The summed E-state index contributed by atoms with van der Waals surface area (Å²) in [7, 11) is 0. The first-order valence-corrected chi connectivity index (χ1v) is 7.28. The highest BCUT2D eigenvalue weighted by Gasteiger charge is 2.44. The lowest BCUT2D eigenvalue weighted by molar-refractivity contribution is -0.438. The van der Waals surface area contributed by atoms with Gasteiger partial charge >= 0.3 is 5.97 Å². The van der Waals surface area contributed by atoms with Crippen molar-refractivity contribution >= 4 is 28.1 Å². The average molecular weight is 409 g/mol. The van der Waals surface area contributed by atoms with Crippen molar-refractivity contribution in [3.63, 3.8) is 0 Å². The molecule has 1 N–H and O–H groups in total. The van der Waals surface area contributed by atoms with Crippen LogP contribution in [0.5, 0.6) is 0 Å². The SMILES string of the molecule is CC1=[N+](CCC(=O)O)c2ccc3ccccc3c2C1(C)C.[I-]. The van der Waals surface area contributed by atoms with Crippen LogP contribution in [-0.2, 0) is 10.2 Å². The Morgan fingerprint density at radius 1 is 1.18 bits per heavy atom. The highest BCUT2D eigenvalue weighted by Crippen LogP contribution is 2.43. The van der Waals surface area contributed by atoms with Gasteiger partial charge in [0.2, 0.25) is 5.69 Å². The highest BCUT2D eigenvalue weighted by atomic mass is 127. The highest BCUT2D eigenvalue weighted by molar-refractivity contribution is 6.01. The molecule has 0 atom stereocenters. The molecular weight excluding hydrogens is 389 g/mol. The van der Waals surface area contributed by atoms with Crippen molar-refractivity contribution < 1.29 is 38.5 Å². The van der Waals surface area contributed by atoms with Crippen LogP contribution >= 0.6 is 0 Å². The maximum absolute atomic E-state index is 10.9. The van der Waals surface area contributed by atoms with Crippen molar-refractivity contribution in [2.45, 2.75) is 32.6 Å². The molecule has 116 valence electrons. The minimum Gasteiger partial charge on any atom is -1.00 e. The van der Waals surface area contributed by atoms with E-state index in [1.54, 1.807) is 0 Å². The van der Waals surface area contributed by atoms with Crippen LogP contribution in [0.1, 0.15) is 32.8 Å². The number of carboxylic acid groups (broad SMARTS) is 1. The normalized spacial score (nSPS) is 15.6. The third kappa shape index (κ3) is 2.53. The van der Waals surface area contributed by atoms with Crippen molar-refractivity contribution in [2.24, 2.45) is 0 Å². The fourth-order valence-electron chi connectivity index (χ4n) is 3.34. The number of rotatable bonds is 3. The van der Waals surface area contributed by atoms with E-state index in [2.05, 4.69) is 61.7 Å². The van der Waals surface area contributed by atoms with E-state index < -0.39 is 5.97 Å². The van der Waals surface area contributed by atoms with E-state index >= 15 is 0 Å². The zero-order valence-electron chi connectivity index (χ0n) is 13.1. The number of carboxylic acids is 1. The van der Waals surface area contributed by atoms with Crippen LogP contribution in [0.2, 0.25) is 0 Å². The molecule has 1 aliphatic rings. The fraction of sp³-hybridized carbons (Fsp3) is 0.333. The Balaban J connectivity index is 0.00000176. The lowest BCUT2D eigenvalue weighted by Crippen LogP contribution is -3.00. The van der Waals surface area contributed by atoms with Gasteiger partial charge in [-0.25, -0.2) is 0 Å². The van der Waals surface area contributed by atoms with Crippen LogP contribution in [0.25, 0.3) is 10.8 Å². The molecule has 2 aromatic carbocycles. The summed E-state index contributed by atoms with van der Waals surface area (Å²) in [5.74, 6) is -0.755. The summed E-state index contributed by atoms with van der Waals surface area (Å²) in [6, 6.07) is 12.6. The largest absolute Gasteiger partial charge is 1.00 e. The van der Waals surface area contributed by atoms with Gasteiger partial charge in [0, 0.05) is 18.6 Å². The van der Waals surface area contributed by atoms with Gasteiger partial charge in [0.25, 0.3) is 0 Å². The van der Waals surface area contributed by atoms with E-state index in [1.165, 1.54) is 22.0 Å². The van der Waals surface area contributed by atoms with Crippen LogP contribution < -0.4 is 24.0 Å². The molecule has 0 saturated carbocycles. The summed E-state index contributed by atoms with van der Waals surface area (Å²) in [6.45, 7) is 7.06. The molecule has 4 heteroatoms. The number of fused-ring (bicyclic) bond motifs is 3. The molecule has 0 unspecified atom stereocenters.